The molecule has 0 saturated heterocycles. The third-order valence-electron chi connectivity index (χ3n) is 2.40. The van der Waals surface area contributed by atoms with Crippen LogP contribution in [0.2, 0.25) is 5.15 Å². The first-order valence-electron chi connectivity index (χ1n) is 5.24. The van der Waals surface area contributed by atoms with Gasteiger partial charge < -0.3 is 5.73 Å². The number of benzene rings is 1. The van der Waals surface area contributed by atoms with Gasteiger partial charge in [0, 0.05) is 22.5 Å². The van der Waals surface area contributed by atoms with Gasteiger partial charge in [-0.25, -0.2) is 4.98 Å². The molecule has 4 heteroatoms. The lowest BCUT2D eigenvalue weighted by atomic mass is 10.2. The molecule has 0 aliphatic rings. The Morgan fingerprint density at radius 3 is 2.82 bits per heavy atom. The summed E-state index contributed by atoms with van der Waals surface area (Å²) < 4.78 is 0. The van der Waals surface area contributed by atoms with Crippen LogP contribution in [0.4, 0.5) is 5.69 Å². The molecule has 2 rings (SSSR count). The highest BCUT2D eigenvalue weighted by Gasteiger charge is 2.01. The van der Waals surface area contributed by atoms with Crippen LogP contribution in [0.5, 0.6) is 0 Å². The number of hydrogen-bond acceptors (Lipinski definition) is 3. The van der Waals surface area contributed by atoms with Crippen molar-refractivity contribution in [3.8, 4) is 0 Å². The fraction of sp³-hybridized carbons (Fsp3) is 0.154. The lowest BCUT2D eigenvalue weighted by Crippen LogP contribution is -1.88. The summed E-state index contributed by atoms with van der Waals surface area (Å²) in [5.74, 6) is 0.870. The zero-order valence-electron chi connectivity index (χ0n) is 9.48. The van der Waals surface area contributed by atoms with Crippen LogP contribution in [0, 0.1) is 6.92 Å². The maximum atomic E-state index is 5.77. The molecule has 0 amide bonds. The normalized spacial score (nSPS) is 10.5. The molecule has 88 valence electrons. The van der Waals surface area contributed by atoms with Crippen LogP contribution in [-0.4, -0.2) is 4.98 Å². The summed E-state index contributed by atoms with van der Waals surface area (Å²) in [5.41, 5.74) is 8.97. The van der Waals surface area contributed by atoms with Gasteiger partial charge in [-0.2, -0.15) is 0 Å². The molecule has 0 saturated carbocycles. The van der Waals surface area contributed by atoms with Gasteiger partial charge in [-0.3, -0.25) is 0 Å². The van der Waals surface area contributed by atoms with E-state index in [0.717, 1.165) is 17.0 Å². The van der Waals surface area contributed by atoms with E-state index in [1.54, 1.807) is 18.0 Å². The molecule has 1 aromatic carbocycles. The van der Waals surface area contributed by atoms with Gasteiger partial charge >= 0.3 is 0 Å². The topological polar surface area (TPSA) is 38.9 Å². The van der Waals surface area contributed by atoms with E-state index in [0.29, 0.717) is 5.15 Å². The number of thioether (sulfide) groups is 1. The molecule has 0 spiro atoms. The zero-order valence-corrected chi connectivity index (χ0v) is 11.1. The maximum Gasteiger partial charge on any atom is 0.129 e. The van der Waals surface area contributed by atoms with Crippen LogP contribution in [0.25, 0.3) is 0 Å². The fourth-order valence-corrected chi connectivity index (χ4v) is 2.54. The number of hydrogen-bond donors (Lipinski definition) is 1. The van der Waals surface area contributed by atoms with E-state index < -0.39 is 0 Å². The van der Waals surface area contributed by atoms with Gasteiger partial charge in [-0.1, -0.05) is 23.7 Å². The van der Waals surface area contributed by atoms with Crippen molar-refractivity contribution in [2.75, 3.05) is 5.73 Å². The van der Waals surface area contributed by atoms with Crippen LogP contribution in [0.3, 0.4) is 0 Å². The lowest BCUT2D eigenvalue weighted by molar-refractivity contribution is 1.24. The van der Waals surface area contributed by atoms with Gasteiger partial charge in [0.2, 0.25) is 0 Å². The largest absolute Gasteiger partial charge is 0.399 e. The molecule has 1 aromatic heterocycles. The molecule has 2 nitrogen and oxygen atoms in total. The van der Waals surface area contributed by atoms with Crippen molar-refractivity contribution in [2.45, 2.75) is 17.6 Å². The smallest absolute Gasteiger partial charge is 0.129 e. The highest BCUT2D eigenvalue weighted by molar-refractivity contribution is 7.98. The van der Waals surface area contributed by atoms with E-state index in [1.165, 1.54) is 10.5 Å². The first-order chi connectivity index (χ1) is 8.15. The van der Waals surface area contributed by atoms with E-state index in [4.69, 9.17) is 17.3 Å². The van der Waals surface area contributed by atoms with Gasteiger partial charge in [0.25, 0.3) is 0 Å². The molecular weight excluding hydrogens is 252 g/mol. The first kappa shape index (κ1) is 12.3. The second-order valence-corrected chi connectivity index (χ2v) is 5.21. The summed E-state index contributed by atoms with van der Waals surface area (Å²) >= 11 is 7.50. The number of nitrogens with zero attached hydrogens (tertiary/aromatic N) is 1. The molecule has 0 bridgehead atoms. The van der Waals surface area contributed by atoms with E-state index in [9.17, 15) is 0 Å². The fourth-order valence-electron chi connectivity index (χ4n) is 1.43. The summed E-state index contributed by atoms with van der Waals surface area (Å²) in [4.78, 5) is 5.27. The minimum Gasteiger partial charge on any atom is -0.399 e. The molecular formula is C13H13ClN2S. The van der Waals surface area contributed by atoms with Gasteiger partial charge in [0.1, 0.15) is 5.15 Å². The van der Waals surface area contributed by atoms with E-state index in [2.05, 4.69) is 11.9 Å². The number of aryl methyl sites for hydroxylation is 1. The Morgan fingerprint density at radius 2 is 2.12 bits per heavy atom. The van der Waals surface area contributed by atoms with Crippen LogP contribution in [-0.2, 0) is 5.75 Å². The Morgan fingerprint density at radius 1 is 1.29 bits per heavy atom. The third-order valence-corrected chi connectivity index (χ3v) is 3.85. The first-order valence-corrected chi connectivity index (χ1v) is 6.61. The second kappa shape index (κ2) is 5.43. The molecule has 0 fully saturated rings. The van der Waals surface area contributed by atoms with E-state index in [1.807, 2.05) is 30.3 Å². The number of pyridine rings is 1. The zero-order chi connectivity index (χ0) is 12.3. The average Bonchev–Trinajstić information content (AvgIpc) is 2.32. The standard InChI is InChI=1S/C13H13ClN2S/c1-9-2-4-11(15)6-12(9)17-8-10-3-5-13(14)16-7-10/h2-7H,8,15H2,1H3. The van der Waals surface area contributed by atoms with Gasteiger partial charge in [0.15, 0.2) is 0 Å². The summed E-state index contributed by atoms with van der Waals surface area (Å²) in [7, 11) is 0. The molecule has 2 aromatic rings. The Labute approximate surface area is 110 Å². The van der Waals surface area contributed by atoms with Crippen LogP contribution in [0.1, 0.15) is 11.1 Å². The number of nitrogens with two attached hydrogens (primary N) is 1. The molecule has 2 N–H and O–H groups in total. The number of anilines is 1. The van der Waals surface area contributed by atoms with Crippen molar-refractivity contribution in [3.63, 3.8) is 0 Å². The Bertz CT molecular complexity index is 511. The quantitative estimate of drug-likeness (QED) is 0.519. The minimum atomic E-state index is 0.527. The van der Waals surface area contributed by atoms with Crippen LogP contribution >= 0.6 is 23.4 Å². The van der Waals surface area contributed by atoms with Crippen molar-refractivity contribution in [3.05, 3.63) is 52.8 Å². The maximum absolute atomic E-state index is 5.77. The Balaban J connectivity index is 2.07. The number of rotatable bonds is 3. The highest BCUT2D eigenvalue weighted by Crippen LogP contribution is 2.27. The second-order valence-electron chi connectivity index (χ2n) is 3.80. The monoisotopic (exact) mass is 264 g/mol. The van der Waals surface area contributed by atoms with Gasteiger partial charge in [0.05, 0.1) is 0 Å². The van der Waals surface area contributed by atoms with Crippen LogP contribution < -0.4 is 5.73 Å². The van der Waals surface area contributed by atoms with Crippen molar-refractivity contribution < 1.29 is 0 Å². The molecule has 0 radical (unpaired) electrons. The van der Waals surface area contributed by atoms with E-state index in [-0.39, 0.29) is 0 Å². The Hall–Kier alpha value is -1.19. The summed E-state index contributed by atoms with van der Waals surface area (Å²) in [5, 5.41) is 0.527. The van der Waals surface area contributed by atoms with Crippen LogP contribution in [0.15, 0.2) is 41.4 Å². The van der Waals surface area contributed by atoms with Gasteiger partial charge in [-0.05, 0) is 36.2 Å². The van der Waals surface area contributed by atoms with Crippen molar-refractivity contribution >= 4 is 29.1 Å². The molecule has 0 atom stereocenters. The SMILES string of the molecule is Cc1ccc(N)cc1SCc1ccc(Cl)nc1. The minimum absolute atomic E-state index is 0.527. The number of aromatic nitrogens is 1. The predicted octanol–water partition coefficient (Wildman–Crippen LogP) is 3.92. The average molecular weight is 265 g/mol. The number of halogens is 1. The lowest BCUT2D eigenvalue weighted by Gasteiger charge is -2.06. The summed E-state index contributed by atoms with van der Waals surface area (Å²) in [6.45, 7) is 2.09. The molecule has 0 aliphatic heterocycles. The van der Waals surface area contributed by atoms with Gasteiger partial charge in [-0.15, -0.1) is 11.8 Å². The molecule has 0 unspecified atom stereocenters. The third kappa shape index (κ3) is 3.38. The summed E-state index contributed by atoms with van der Waals surface area (Å²) in [6, 6.07) is 9.76. The number of nitrogen functional groups attached to an aromatic ring is 1. The molecule has 17 heavy (non-hydrogen) atoms. The van der Waals surface area contributed by atoms with Crippen molar-refractivity contribution in [1.29, 1.82) is 0 Å². The summed E-state index contributed by atoms with van der Waals surface area (Å²) in [6.07, 6.45) is 1.80. The van der Waals surface area contributed by atoms with Crippen molar-refractivity contribution in [2.24, 2.45) is 0 Å². The predicted molar refractivity (Wildman–Crippen MR) is 74.4 cm³/mol. The molecule has 1 heterocycles. The van der Waals surface area contributed by atoms with Crippen molar-refractivity contribution in [1.82, 2.24) is 4.98 Å². The molecule has 0 aliphatic carbocycles. The van der Waals surface area contributed by atoms with E-state index >= 15 is 0 Å². The Kier molecular flexibility index (Phi) is 3.92. The highest BCUT2D eigenvalue weighted by atomic mass is 35.5.